The second-order valence-corrected chi connectivity index (χ2v) is 10.8. The molecular weight excluding hydrogens is 514 g/mol. The van der Waals surface area contributed by atoms with Crippen molar-refractivity contribution in [1.82, 2.24) is 15.3 Å². The molecule has 0 aliphatic heterocycles. The summed E-state index contributed by atoms with van der Waals surface area (Å²) in [7, 11) is 1.44. The fourth-order valence-corrected chi connectivity index (χ4v) is 4.40. The van der Waals surface area contributed by atoms with Crippen LogP contribution < -0.4 is 15.4 Å². The van der Waals surface area contributed by atoms with E-state index >= 15 is 0 Å². The Hall–Kier alpha value is -5.03. The van der Waals surface area contributed by atoms with Gasteiger partial charge in [0.1, 0.15) is 11.8 Å². The summed E-state index contributed by atoms with van der Waals surface area (Å²) in [5.74, 6) is -0.375. The number of rotatable bonds is 7. The van der Waals surface area contributed by atoms with Crippen LogP contribution in [0.15, 0.2) is 66.9 Å². The van der Waals surface area contributed by atoms with Gasteiger partial charge in [-0.2, -0.15) is 5.26 Å². The summed E-state index contributed by atoms with van der Waals surface area (Å²) < 4.78 is 5.45. The van der Waals surface area contributed by atoms with Gasteiger partial charge in [0.05, 0.1) is 42.4 Å². The highest BCUT2D eigenvalue weighted by Gasteiger charge is 2.23. The van der Waals surface area contributed by atoms with Gasteiger partial charge < -0.3 is 15.4 Å². The molecular formula is C33H33N5O3. The van der Waals surface area contributed by atoms with Gasteiger partial charge >= 0.3 is 0 Å². The quantitative estimate of drug-likeness (QED) is 0.288. The Labute approximate surface area is 240 Å². The number of carbonyl (C=O) groups is 2. The number of nitriles is 1. The van der Waals surface area contributed by atoms with Crippen LogP contribution in [0.3, 0.4) is 0 Å². The maximum absolute atomic E-state index is 13.4. The molecule has 4 aromatic rings. The lowest BCUT2D eigenvalue weighted by Gasteiger charge is -2.22. The zero-order valence-corrected chi connectivity index (χ0v) is 24.1. The van der Waals surface area contributed by atoms with E-state index in [1.165, 1.54) is 7.11 Å². The summed E-state index contributed by atoms with van der Waals surface area (Å²) in [6.07, 6.45) is 1.59. The van der Waals surface area contributed by atoms with E-state index in [1.54, 1.807) is 30.5 Å². The third-order valence-corrected chi connectivity index (χ3v) is 6.70. The minimum absolute atomic E-state index is 0.195. The van der Waals surface area contributed by atoms with Crippen LogP contribution in [-0.4, -0.2) is 28.9 Å². The van der Waals surface area contributed by atoms with Crippen molar-refractivity contribution in [1.29, 1.82) is 5.26 Å². The number of aryl methyl sites for hydroxylation is 2. The van der Waals surface area contributed by atoms with Gasteiger partial charge in [-0.15, -0.1) is 0 Å². The fourth-order valence-electron chi connectivity index (χ4n) is 4.40. The summed E-state index contributed by atoms with van der Waals surface area (Å²) in [4.78, 5) is 35.0. The highest BCUT2D eigenvalue weighted by Crippen LogP contribution is 2.32. The van der Waals surface area contributed by atoms with Crippen molar-refractivity contribution in [3.63, 3.8) is 0 Å². The molecule has 0 radical (unpaired) electrons. The van der Waals surface area contributed by atoms with Crippen LogP contribution in [0.4, 0.5) is 5.69 Å². The summed E-state index contributed by atoms with van der Waals surface area (Å²) in [5.41, 5.74) is 6.28. The van der Waals surface area contributed by atoms with Crippen LogP contribution in [0.5, 0.6) is 5.75 Å². The Kier molecular flexibility index (Phi) is 8.48. The van der Waals surface area contributed by atoms with E-state index < -0.39 is 5.91 Å². The molecule has 2 amide bonds. The van der Waals surface area contributed by atoms with Gasteiger partial charge in [0, 0.05) is 22.5 Å². The molecule has 0 spiro atoms. The number of hydrogen-bond acceptors (Lipinski definition) is 6. The average molecular weight is 548 g/mol. The van der Waals surface area contributed by atoms with E-state index in [-0.39, 0.29) is 22.6 Å². The molecule has 0 saturated carbocycles. The van der Waals surface area contributed by atoms with Gasteiger partial charge in [-0.25, -0.2) is 0 Å². The second kappa shape index (κ2) is 12.0. The zero-order valence-electron chi connectivity index (χ0n) is 24.1. The van der Waals surface area contributed by atoms with Gasteiger partial charge in [-0.3, -0.25) is 19.6 Å². The summed E-state index contributed by atoms with van der Waals surface area (Å²) in [5, 5.41) is 15.5. The molecule has 2 aromatic carbocycles. The first-order chi connectivity index (χ1) is 19.5. The minimum Gasteiger partial charge on any atom is -0.495 e. The maximum atomic E-state index is 13.4. The number of anilines is 1. The van der Waals surface area contributed by atoms with E-state index in [2.05, 4.69) is 26.7 Å². The van der Waals surface area contributed by atoms with Gasteiger partial charge in [0.15, 0.2) is 0 Å². The molecule has 2 heterocycles. The monoisotopic (exact) mass is 547 g/mol. The van der Waals surface area contributed by atoms with Crippen molar-refractivity contribution in [2.45, 2.75) is 46.6 Å². The van der Waals surface area contributed by atoms with Crippen molar-refractivity contribution in [3.8, 4) is 22.9 Å². The normalized spacial score (nSPS) is 11.0. The van der Waals surface area contributed by atoms with Crippen LogP contribution in [0, 0.1) is 25.2 Å². The standard InChI is InChI=1S/C33H33N5O3/c1-20-8-7-9-26(37-20)18-36-31(39)23-12-10-22(11-13-23)28-16-27(19-35-21(28)2)38-32(40)29-15-25(33(3,4)5)14-24(17-34)30(29)41-6/h7-16,19H,18H2,1-6H3,(H,36,39)(H,38,40). The van der Waals surface area contributed by atoms with Crippen molar-refractivity contribution in [3.05, 3.63) is 106 Å². The molecule has 8 heteroatoms. The number of benzene rings is 2. The molecule has 8 nitrogen and oxygen atoms in total. The van der Waals surface area contributed by atoms with E-state index in [0.717, 1.165) is 33.8 Å². The Bertz CT molecular complexity index is 1650. The summed E-state index contributed by atoms with van der Waals surface area (Å²) in [6.45, 7) is 10.2. The van der Waals surface area contributed by atoms with Crippen molar-refractivity contribution in [2.24, 2.45) is 0 Å². The molecule has 0 aliphatic carbocycles. The smallest absolute Gasteiger partial charge is 0.259 e. The van der Waals surface area contributed by atoms with E-state index in [0.29, 0.717) is 23.4 Å². The number of ether oxygens (including phenoxy) is 1. The Morgan fingerprint density at radius 3 is 2.37 bits per heavy atom. The molecule has 0 aliphatic rings. The lowest BCUT2D eigenvalue weighted by atomic mass is 9.84. The number of aromatic nitrogens is 2. The van der Waals surface area contributed by atoms with Gasteiger partial charge in [0.2, 0.25) is 0 Å². The second-order valence-electron chi connectivity index (χ2n) is 10.8. The lowest BCUT2D eigenvalue weighted by Crippen LogP contribution is -2.23. The molecule has 0 saturated heterocycles. The van der Waals surface area contributed by atoms with Crippen LogP contribution >= 0.6 is 0 Å². The van der Waals surface area contributed by atoms with E-state index in [1.807, 2.05) is 71.0 Å². The number of carbonyl (C=O) groups excluding carboxylic acids is 2. The summed E-state index contributed by atoms with van der Waals surface area (Å²) in [6, 6.07) is 20.4. The van der Waals surface area contributed by atoms with Crippen molar-refractivity contribution in [2.75, 3.05) is 12.4 Å². The minimum atomic E-state index is -0.406. The Morgan fingerprint density at radius 1 is 1.00 bits per heavy atom. The number of nitrogens with zero attached hydrogens (tertiary/aromatic N) is 3. The number of nitrogens with one attached hydrogen (secondary N) is 2. The Morgan fingerprint density at radius 2 is 1.73 bits per heavy atom. The topological polar surface area (TPSA) is 117 Å². The zero-order chi connectivity index (χ0) is 29.7. The SMILES string of the molecule is COc1c(C#N)cc(C(C)(C)C)cc1C(=O)Nc1cnc(C)c(-c2ccc(C(=O)NCc3cccc(C)n3)cc2)c1. The van der Waals surface area contributed by atoms with Gasteiger partial charge in [-0.1, -0.05) is 39.0 Å². The molecule has 2 aromatic heterocycles. The summed E-state index contributed by atoms with van der Waals surface area (Å²) >= 11 is 0. The highest BCUT2D eigenvalue weighted by molar-refractivity contribution is 6.07. The predicted octanol–water partition coefficient (Wildman–Crippen LogP) is 6.12. The van der Waals surface area contributed by atoms with E-state index in [9.17, 15) is 14.9 Å². The number of amides is 2. The largest absolute Gasteiger partial charge is 0.495 e. The number of methoxy groups -OCH3 is 1. The third-order valence-electron chi connectivity index (χ3n) is 6.70. The van der Waals surface area contributed by atoms with E-state index in [4.69, 9.17) is 4.74 Å². The fraction of sp³-hybridized carbons (Fsp3) is 0.242. The van der Waals surface area contributed by atoms with Crippen molar-refractivity contribution < 1.29 is 14.3 Å². The average Bonchev–Trinajstić information content (AvgIpc) is 2.95. The number of hydrogen-bond donors (Lipinski definition) is 2. The Balaban J connectivity index is 1.54. The first-order valence-corrected chi connectivity index (χ1v) is 13.2. The van der Waals surface area contributed by atoms with Crippen LogP contribution in [-0.2, 0) is 12.0 Å². The maximum Gasteiger partial charge on any atom is 0.259 e. The first kappa shape index (κ1) is 29.0. The van der Waals surface area contributed by atoms with Gasteiger partial charge in [0.25, 0.3) is 11.8 Å². The molecule has 41 heavy (non-hydrogen) atoms. The molecule has 0 bridgehead atoms. The first-order valence-electron chi connectivity index (χ1n) is 13.2. The van der Waals surface area contributed by atoms with Crippen LogP contribution in [0.1, 0.15) is 69.7 Å². The predicted molar refractivity (Wildman–Crippen MR) is 159 cm³/mol. The number of pyridine rings is 2. The third kappa shape index (κ3) is 6.76. The molecule has 2 N–H and O–H groups in total. The van der Waals surface area contributed by atoms with Crippen LogP contribution in [0.25, 0.3) is 11.1 Å². The van der Waals surface area contributed by atoms with Gasteiger partial charge in [-0.05, 0) is 72.9 Å². The molecule has 4 rings (SSSR count). The molecule has 0 atom stereocenters. The van der Waals surface area contributed by atoms with Crippen LogP contribution in [0.2, 0.25) is 0 Å². The lowest BCUT2D eigenvalue weighted by molar-refractivity contribution is 0.0949. The molecule has 0 unspecified atom stereocenters. The van der Waals surface area contributed by atoms with Crippen molar-refractivity contribution >= 4 is 17.5 Å². The molecule has 208 valence electrons. The molecule has 0 fully saturated rings. The highest BCUT2D eigenvalue weighted by atomic mass is 16.5.